The first-order chi connectivity index (χ1) is 6.84. The molecular weight excluding hydrogens is 178 g/mol. The van der Waals surface area contributed by atoms with E-state index in [1.54, 1.807) is 12.3 Å². The lowest BCUT2D eigenvalue weighted by Gasteiger charge is -2.23. The molecule has 2 heterocycles. The van der Waals surface area contributed by atoms with E-state index >= 15 is 0 Å². The highest BCUT2D eigenvalue weighted by Crippen LogP contribution is 2.17. The molecule has 2 rings (SSSR count). The molecule has 4 heteroatoms. The van der Waals surface area contributed by atoms with Gasteiger partial charge in [0.1, 0.15) is 17.7 Å². The third-order valence-electron chi connectivity index (χ3n) is 2.34. The van der Waals surface area contributed by atoms with Crippen molar-refractivity contribution >= 4 is 5.82 Å². The molecule has 0 radical (unpaired) electrons. The molecule has 0 spiro atoms. The lowest BCUT2D eigenvalue weighted by atomic mass is 10.1. The Balaban J connectivity index is 1.95. The number of nitrogens with two attached hydrogens (primary N) is 1. The number of nitrogen functional groups attached to an aromatic ring is 1. The van der Waals surface area contributed by atoms with Gasteiger partial charge in [0, 0.05) is 12.3 Å². The second kappa shape index (κ2) is 4.28. The van der Waals surface area contributed by atoms with Crippen molar-refractivity contribution in [2.24, 2.45) is 0 Å². The summed E-state index contributed by atoms with van der Waals surface area (Å²) in [6.07, 6.45) is 4.11. The van der Waals surface area contributed by atoms with Crippen LogP contribution in [0.25, 0.3) is 0 Å². The average Bonchev–Trinajstić information content (AvgIpc) is 2.19. The number of anilines is 1. The minimum Gasteiger partial charge on any atom is -0.490 e. The Hall–Kier alpha value is -1.29. The van der Waals surface area contributed by atoms with Gasteiger partial charge in [-0.25, -0.2) is 4.98 Å². The van der Waals surface area contributed by atoms with Crippen LogP contribution in [0.4, 0.5) is 5.82 Å². The lowest BCUT2D eigenvalue weighted by molar-refractivity contribution is 0.162. The summed E-state index contributed by atoms with van der Waals surface area (Å²) in [5, 5.41) is 3.29. The Labute approximate surface area is 83.5 Å². The van der Waals surface area contributed by atoms with Gasteiger partial charge in [0.2, 0.25) is 0 Å². The number of nitrogens with zero attached hydrogens (tertiary/aromatic N) is 1. The van der Waals surface area contributed by atoms with E-state index in [4.69, 9.17) is 10.5 Å². The molecule has 1 aromatic rings. The Morgan fingerprint density at radius 1 is 1.43 bits per heavy atom. The zero-order chi connectivity index (χ0) is 9.80. The van der Waals surface area contributed by atoms with Gasteiger partial charge in [-0.1, -0.05) is 0 Å². The van der Waals surface area contributed by atoms with Gasteiger partial charge in [-0.05, 0) is 32.0 Å². The molecule has 0 aliphatic carbocycles. The summed E-state index contributed by atoms with van der Waals surface area (Å²) in [5.41, 5.74) is 5.56. The molecule has 1 aliphatic rings. The number of nitrogens with one attached hydrogen (secondary N) is 1. The monoisotopic (exact) mass is 193 g/mol. The van der Waals surface area contributed by atoms with E-state index in [0.29, 0.717) is 11.9 Å². The van der Waals surface area contributed by atoms with Gasteiger partial charge in [0.05, 0.1) is 0 Å². The Bertz CT molecular complexity index is 297. The summed E-state index contributed by atoms with van der Waals surface area (Å²) in [6, 6.07) is 3.61. The highest BCUT2D eigenvalue weighted by molar-refractivity contribution is 5.35. The predicted octanol–water partition coefficient (Wildman–Crippen LogP) is 0.795. The summed E-state index contributed by atoms with van der Waals surface area (Å²) in [5.74, 6) is 1.33. The fourth-order valence-electron chi connectivity index (χ4n) is 1.61. The quantitative estimate of drug-likeness (QED) is 0.729. The van der Waals surface area contributed by atoms with Crippen LogP contribution < -0.4 is 15.8 Å². The van der Waals surface area contributed by atoms with Crippen molar-refractivity contribution in [3.63, 3.8) is 0 Å². The molecule has 1 fully saturated rings. The summed E-state index contributed by atoms with van der Waals surface area (Å²) < 4.78 is 5.78. The maximum atomic E-state index is 5.78. The van der Waals surface area contributed by atoms with E-state index in [1.807, 2.05) is 6.07 Å². The molecule has 1 aliphatic heterocycles. The fraction of sp³-hybridized carbons (Fsp3) is 0.500. The summed E-state index contributed by atoms with van der Waals surface area (Å²) >= 11 is 0. The normalized spacial score (nSPS) is 18.0. The zero-order valence-corrected chi connectivity index (χ0v) is 8.07. The molecule has 0 unspecified atom stereocenters. The van der Waals surface area contributed by atoms with Crippen LogP contribution in [-0.4, -0.2) is 24.2 Å². The number of rotatable bonds is 2. The largest absolute Gasteiger partial charge is 0.490 e. The average molecular weight is 193 g/mol. The molecule has 3 N–H and O–H groups in total. The topological polar surface area (TPSA) is 60.2 Å². The van der Waals surface area contributed by atoms with Gasteiger partial charge >= 0.3 is 0 Å². The molecule has 0 saturated carbocycles. The molecule has 14 heavy (non-hydrogen) atoms. The van der Waals surface area contributed by atoms with E-state index < -0.39 is 0 Å². The van der Waals surface area contributed by atoms with Gasteiger partial charge in [-0.15, -0.1) is 0 Å². The van der Waals surface area contributed by atoms with E-state index in [1.165, 1.54) is 0 Å². The highest BCUT2D eigenvalue weighted by atomic mass is 16.5. The van der Waals surface area contributed by atoms with Crippen LogP contribution in [0.2, 0.25) is 0 Å². The Morgan fingerprint density at radius 2 is 2.21 bits per heavy atom. The number of aromatic nitrogens is 1. The summed E-state index contributed by atoms with van der Waals surface area (Å²) in [6.45, 7) is 2.07. The summed E-state index contributed by atoms with van der Waals surface area (Å²) in [4.78, 5) is 3.92. The van der Waals surface area contributed by atoms with Crippen molar-refractivity contribution < 1.29 is 4.74 Å². The minimum atomic E-state index is 0.318. The maximum absolute atomic E-state index is 5.78. The van der Waals surface area contributed by atoms with E-state index in [2.05, 4.69) is 10.3 Å². The van der Waals surface area contributed by atoms with Crippen LogP contribution in [-0.2, 0) is 0 Å². The molecule has 0 amide bonds. The smallest absolute Gasteiger partial charge is 0.126 e. The SMILES string of the molecule is Nc1cc(OC2CCNCC2)ccn1. The van der Waals surface area contributed by atoms with Crippen LogP contribution in [0.3, 0.4) is 0 Å². The van der Waals surface area contributed by atoms with Gasteiger partial charge in [0.25, 0.3) is 0 Å². The molecular formula is C10H15N3O. The van der Waals surface area contributed by atoms with Crippen LogP contribution in [0.15, 0.2) is 18.3 Å². The minimum absolute atomic E-state index is 0.318. The number of ether oxygens (including phenoxy) is 1. The van der Waals surface area contributed by atoms with Crippen molar-refractivity contribution in [2.45, 2.75) is 18.9 Å². The molecule has 76 valence electrons. The second-order valence-corrected chi connectivity index (χ2v) is 3.48. The van der Waals surface area contributed by atoms with Crippen molar-refractivity contribution in [1.29, 1.82) is 0 Å². The Kier molecular flexibility index (Phi) is 2.84. The predicted molar refractivity (Wildman–Crippen MR) is 55.2 cm³/mol. The van der Waals surface area contributed by atoms with Crippen LogP contribution in [0.1, 0.15) is 12.8 Å². The molecule has 4 nitrogen and oxygen atoms in total. The first-order valence-corrected chi connectivity index (χ1v) is 4.93. The molecule has 1 saturated heterocycles. The van der Waals surface area contributed by atoms with E-state index in [0.717, 1.165) is 31.7 Å². The van der Waals surface area contributed by atoms with Gasteiger partial charge in [0.15, 0.2) is 0 Å². The van der Waals surface area contributed by atoms with Crippen LogP contribution >= 0.6 is 0 Å². The number of hydrogen-bond donors (Lipinski definition) is 2. The van der Waals surface area contributed by atoms with Crippen molar-refractivity contribution in [2.75, 3.05) is 18.8 Å². The first kappa shape index (κ1) is 9.27. The number of piperidine rings is 1. The van der Waals surface area contributed by atoms with Crippen molar-refractivity contribution in [1.82, 2.24) is 10.3 Å². The van der Waals surface area contributed by atoms with Crippen LogP contribution in [0.5, 0.6) is 5.75 Å². The maximum Gasteiger partial charge on any atom is 0.126 e. The van der Waals surface area contributed by atoms with Gasteiger partial charge < -0.3 is 15.8 Å². The number of pyridine rings is 1. The van der Waals surface area contributed by atoms with Crippen molar-refractivity contribution in [3.8, 4) is 5.75 Å². The molecule has 0 aromatic carbocycles. The fourth-order valence-corrected chi connectivity index (χ4v) is 1.61. The third-order valence-corrected chi connectivity index (χ3v) is 2.34. The highest BCUT2D eigenvalue weighted by Gasteiger charge is 2.14. The van der Waals surface area contributed by atoms with E-state index in [-0.39, 0.29) is 0 Å². The zero-order valence-electron chi connectivity index (χ0n) is 8.07. The molecule has 0 atom stereocenters. The van der Waals surface area contributed by atoms with Gasteiger partial charge in [-0.2, -0.15) is 0 Å². The van der Waals surface area contributed by atoms with Crippen LogP contribution in [0, 0.1) is 0 Å². The lowest BCUT2D eigenvalue weighted by Crippen LogP contribution is -2.34. The van der Waals surface area contributed by atoms with E-state index in [9.17, 15) is 0 Å². The summed E-state index contributed by atoms with van der Waals surface area (Å²) in [7, 11) is 0. The Morgan fingerprint density at radius 3 is 2.93 bits per heavy atom. The second-order valence-electron chi connectivity index (χ2n) is 3.48. The number of hydrogen-bond acceptors (Lipinski definition) is 4. The standard InChI is InChI=1S/C10H15N3O/c11-10-7-9(3-6-13-10)14-8-1-4-12-5-2-8/h3,6-8,12H,1-2,4-5H2,(H2,11,13). The molecule has 0 bridgehead atoms. The molecule has 1 aromatic heterocycles. The third kappa shape index (κ3) is 2.35. The van der Waals surface area contributed by atoms with Crippen molar-refractivity contribution in [3.05, 3.63) is 18.3 Å². The van der Waals surface area contributed by atoms with Gasteiger partial charge in [-0.3, -0.25) is 0 Å². The first-order valence-electron chi connectivity index (χ1n) is 4.93.